The number of benzene rings is 1. The van der Waals surface area contributed by atoms with Crippen molar-refractivity contribution in [1.29, 1.82) is 0 Å². The SMILES string of the molecule is Nc1ccc(N2CCC(O)C2)c(CO)c1. The third-order valence-electron chi connectivity index (χ3n) is 2.78. The van der Waals surface area contributed by atoms with Gasteiger partial charge in [-0.2, -0.15) is 0 Å². The Kier molecular flexibility index (Phi) is 2.79. The molecule has 1 heterocycles. The second-order valence-electron chi connectivity index (χ2n) is 3.93. The quantitative estimate of drug-likeness (QED) is 0.613. The first-order valence-electron chi connectivity index (χ1n) is 5.13. The van der Waals surface area contributed by atoms with Crippen LogP contribution in [0.3, 0.4) is 0 Å². The number of nitrogen functional groups attached to an aromatic ring is 1. The Bertz CT molecular complexity index is 354. The van der Waals surface area contributed by atoms with Gasteiger partial charge in [0.05, 0.1) is 12.7 Å². The van der Waals surface area contributed by atoms with E-state index in [1.54, 1.807) is 6.07 Å². The smallest absolute Gasteiger partial charge is 0.0731 e. The molecule has 0 aromatic heterocycles. The molecule has 82 valence electrons. The molecule has 1 saturated heterocycles. The van der Waals surface area contributed by atoms with Gasteiger partial charge in [0.15, 0.2) is 0 Å². The van der Waals surface area contributed by atoms with E-state index in [4.69, 9.17) is 5.73 Å². The number of nitrogens with two attached hydrogens (primary N) is 1. The van der Waals surface area contributed by atoms with Gasteiger partial charge >= 0.3 is 0 Å². The maximum Gasteiger partial charge on any atom is 0.0731 e. The molecule has 0 saturated carbocycles. The predicted molar refractivity (Wildman–Crippen MR) is 59.6 cm³/mol. The lowest BCUT2D eigenvalue weighted by atomic mass is 10.1. The van der Waals surface area contributed by atoms with Crippen molar-refractivity contribution in [3.8, 4) is 0 Å². The lowest BCUT2D eigenvalue weighted by molar-refractivity contribution is 0.198. The van der Waals surface area contributed by atoms with Crippen LogP contribution < -0.4 is 10.6 Å². The number of nitrogens with zero attached hydrogens (tertiary/aromatic N) is 1. The monoisotopic (exact) mass is 208 g/mol. The molecule has 1 fully saturated rings. The van der Waals surface area contributed by atoms with Crippen LogP contribution in [0.5, 0.6) is 0 Å². The molecule has 15 heavy (non-hydrogen) atoms. The zero-order chi connectivity index (χ0) is 10.8. The molecule has 0 bridgehead atoms. The van der Waals surface area contributed by atoms with E-state index in [9.17, 15) is 10.2 Å². The van der Waals surface area contributed by atoms with Crippen LogP contribution in [0.15, 0.2) is 18.2 Å². The highest BCUT2D eigenvalue weighted by Gasteiger charge is 2.21. The third kappa shape index (κ3) is 2.06. The van der Waals surface area contributed by atoms with Crippen LogP contribution in [0.1, 0.15) is 12.0 Å². The molecular formula is C11H16N2O2. The van der Waals surface area contributed by atoms with E-state index >= 15 is 0 Å². The summed E-state index contributed by atoms with van der Waals surface area (Å²) < 4.78 is 0. The van der Waals surface area contributed by atoms with E-state index in [1.165, 1.54) is 0 Å². The summed E-state index contributed by atoms with van der Waals surface area (Å²) in [5.41, 5.74) is 8.10. The molecule has 1 aliphatic rings. The van der Waals surface area contributed by atoms with E-state index < -0.39 is 0 Å². The average molecular weight is 208 g/mol. The number of β-amino-alcohol motifs (C(OH)–C–C–N with tert-alkyl or cyclic N) is 1. The molecule has 4 heteroatoms. The first kappa shape index (κ1) is 10.3. The summed E-state index contributed by atoms with van der Waals surface area (Å²) in [4.78, 5) is 2.08. The summed E-state index contributed by atoms with van der Waals surface area (Å²) in [6.07, 6.45) is 0.531. The number of aliphatic hydroxyl groups excluding tert-OH is 2. The number of anilines is 2. The van der Waals surface area contributed by atoms with Crippen LogP contribution in [0, 0.1) is 0 Å². The minimum Gasteiger partial charge on any atom is -0.399 e. The molecule has 0 amide bonds. The largest absolute Gasteiger partial charge is 0.399 e. The van der Waals surface area contributed by atoms with Gasteiger partial charge < -0.3 is 20.8 Å². The van der Waals surface area contributed by atoms with Crippen molar-refractivity contribution in [3.05, 3.63) is 23.8 Å². The van der Waals surface area contributed by atoms with E-state index in [-0.39, 0.29) is 12.7 Å². The average Bonchev–Trinajstić information content (AvgIpc) is 2.64. The van der Waals surface area contributed by atoms with Crippen molar-refractivity contribution >= 4 is 11.4 Å². The van der Waals surface area contributed by atoms with Gasteiger partial charge in [-0.3, -0.25) is 0 Å². The topological polar surface area (TPSA) is 69.7 Å². The fourth-order valence-corrected chi connectivity index (χ4v) is 2.00. The molecular weight excluding hydrogens is 192 g/mol. The Morgan fingerprint density at radius 2 is 2.27 bits per heavy atom. The molecule has 0 radical (unpaired) electrons. The molecule has 4 N–H and O–H groups in total. The Morgan fingerprint density at radius 1 is 1.47 bits per heavy atom. The van der Waals surface area contributed by atoms with Crippen LogP contribution >= 0.6 is 0 Å². The lowest BCUT2D eigenvalue weighted by Gasteiger charge is -2.21. The molecule has 1 atom stereocenters. The van der Waals surface area contributed by atoms with Gasteiger partial charge in [0.25, 0.3) is 0 Å². The van der Waals surface area contributed by atoms with Crippen molar-refractivity contribution in [2.75, 3.05) is 23.7 Å². The fraction of sp³-hybridized carbons (Fsp3) is 0.455. The molecule has 2 rings (SSSR count). The van der Waals surface area contributed by atoms with Gasteiger partial charge in [-0.15, -0.1) is 0 Å². The molecule has 1 unspecified atom stereocenters. The molecule has 0 aliphatic carbocycles. The van der Waals surface area contributed by atoms with E-state index in [0.717, 1.165) is 24.2 Å². The number of hydrogen-bond donors (Lipinski definition) is 3. The molecule has 1 aliphatic heterocycles. The highest BCUT2D eigenvalue weighted by atomic mass is 16.3. The maximum absolute atomic E-state index is 9.45. The molecule has 0 spiro atoms. The zero-order valence-corrected chi connectivity index (χ0v) is 8.56. The Labute approximate surface area is 88.9 Å². The zero-order valence-electron chi connectivity index (χ0n) is 8.56. The predicted octanol–water partition coefficient (Wildman–Crippen LogP) is 0.332. The number of aliphatic hydroxyl groups is 2. The van der Waals surface area contributed by atoms with E-state index in [1.807, 2.05) is 12.1 Å². The fourth-order valence-electron chi connectivity index (χ4n) is 2.00. The third-order valence-corrected chi connectivity index (χ3v) is 2.78. The first-order chi connectivity index (χ1) is 7.20. The van der Waals surface area contributed by atoms with Gasteiger partial charge in [0.2, 0.25) is 0 Å². The van der Waals surface area contributed by atoms with Gasteiger partial charge in [0, 0.05) is 30.0 Å². The second kappa shape index (κ2) is 4.08. The lowest BCUT2D eigenvalue weighted by Crippen LogP contribution is -2.22. The summed E-state index contributed by atoms with van der Waals surface area (Å²) >= 11 is 0. The molecule has 1 aromatic carbocycles. The molecule has 1 aromatic rings. The maximum atomic E-state index is 9.45. The van der Waals surface area contributed by atoms with E-state index in [0.29, 0.717) is 12.2 Å². The Morgan fingerprint density at radius 3 is 2.87 bits per heavy atom. The van der Waals surface area contributed by atoms with Crippen LogP contribution in [0.25, 0.3) is 0 Å². The van der Waals surface area contributed by atoms with Gasteiger partial charge in [-0.1, -0.05) is 0 Å². The standard InChI is InChI=1S/C11H16N2O2/c12-9-1-2-11(8(5-9)7-14)13-4-3-10(15)6-13/h1-2,5,10,14-15H,3-4,6-7,12H2. The summed E-state index contributed by atoms with van der Waals surface area (Å²) in [5.74, 6) is 0. The minimum atomic E-state index is -0.255. The number of rotatable bonds is 2. The Balaban J connectivity index is 2.27. The van der Waals surface area contributed by atoms with Gasteiger partial charge in [-0.25, -0.2) is 0 Å². The summed E-state index contributed by atoms with van der Waals surface area (Å²) in [5, 5.41) is 18.7. The summed E-state index contributed by atoms with van der Waals surface area (Å²) in [7, 11) is 0. The number of hydrogen-bond acceptors (Lipinski definition) is 4. The first-order valence-corrected chi connectivity index (χ1v) is 5.13. The van der Waals surface area contributed by atoms with Crippen LogP contribution in [-0.2, 0) is 6.61 Å². The molecule has 4 nitrogen and oxygen atoms in total. The highest BCUT2D eigenvalue weighted by molar-refractivity contribution is 5.60. The second-order valence-corrected chi connectivity index (χ2v) is 3.93. The van der Waals surface area contributed by atoms with Crippen molar-refractivity contribution in [1.82, 2.24) is 0 Å². The van der Waals surface area contributed by atoms with Crippen molar-refractivity contribution in [2.45, 2.75) is 19.1 Å². The van der Waals surface area contributed by atoms with Gasteiger partial charge in [0.1, 0.15) is 0 Å². The van der Waals surface area contributed by atoms with Crippen molar-refractivity contribution in [3.63, 3.8) is 0 Å². The van der Waals surface area contributed by atoms with Crippen LogP contribution in [0.2, 0.25) is 0 Å². The van der Waals surface area contributed by atoms with Crippen molar-refractivity contribution in [2.24, 2.45) is 0 Å². The summed E-state index contributed by atoms with van der Waals surface area (Å²) in [6, 6.07) is 5.50. The minimum absolute atomic E-state index is 0.0209. The normalized spacial score (nSPS) is 20.9. The van der Waals surface area contributed by atoms with Crippen LogP contribution in [-0.4, -0.2) is 29.4 Å². The summed E-state index contributed by atoms with van der Waals surface area (Å²) in [6.45, 7) is 1.45. The Hall–Kier alpha value is -1.26. The van der Waals surface area contributed by atoms with E-state index in [2.05, 4.69) is 4.90 Å². The van der Waals surface area contributed by atoms with Crippen molar-refractivity contribution < 1.29 is 10.2 Å². The van der Waals surface area contributed by atoms with Crippen LogP contribution in [0.4, 0.5) is 11.4 Å². The highest BCUT2D eigenvalue weighted by Crippen LogP contribution is 2.26. The van der Waals surface area contributed by atoms with Gasteiger partial charge in [-0.05, 0) is 24.6 Å².